The summed E-state index contributed by atoms with van der Waals surface area (Å²) in [6.07, 6.45) is 6.00. The molecule has 8 nitrogen and oxygen atoms in total. The number of H-pyrrole nitrogens is 1. The van der Waals surface area contributed by atoms with Crippen LogP contribution in [0.4, 0.5) is 0 Å². The van der Waals surface area contributed by atoms with Crippen LogP contribution in [-0.4, -0.2) is 42.2 Å². The van der Waals surface area contributed by atoms with Crippen LogP contribution in [0.2, 0.25) is 0 Å². The summed E-state index contributed by atoms with van der Waals surface area (Å²) in [6, 6.07) is 13.1. The lowest BCUT2D eigenvalue weighted by Gasteiger charge is -2.15. The van der Waals surface area contributed by atoms with Gasteiger partial charge in [0, 0.05) is 29.2 Å². The fourth-order valence-corrected chi connectivity index (χ4v) is 3.58. The maximum atomic E-state index is 12.6. The number of benzene rings is 2. The third-order valence-electron chi connectivity index (χ3n) is 5.11. The molecule has 0 aliphatic rings. The molecule has 1 aromatic heterocycles. The number of hydrogen-bond donors (Lipinski definition) is 3. The van der Waals surface area contributed by atoms with Crippen LogP contribution in [0.1, 0.15) is 16.7 Å². The molecule has 0 radical (unpaired) electrons. The highest BCUT2D eigenvalue weighted by Crippen LogP contribution is 2.34. The molecule has 1 amide bonds. The molecular weight excluding hydrogens is 434 g/mol. The Kier molecular flexibility index (Phi) is 8.08. The van der Waals surface area contributed by atoms with E-state index in [1.807, 2.05) is 36.5 Å². The van der Waals surface area contributed by atoms with Gasteiger partial charge in [0.05, 0.1) is 7.11 Å². The molecule has 3 rings (SSSR count). The first-order chi connectivity index (χ1) is 16.5. The zero-order valence-electron chi connectivity index (χ0n) is 18.8. The molecule has 0 saturated carbocycles. The van der Waals surface area contributed by atoms with E-state index in [4.69, 9.17) is 14.6 Å². The van der Waals surface area contributed by atoms with Crippen molar-refractivity contribution in [3.05, 3.63) is 77.5 Å². The van der Waals surface area contributed by atoms with Gasteiger partial charge in [0.2, 0.25) is 0 Å². The number of carbonyl (C=O) groups excluding carboxylic acids is 1. The largest absolute Gasteiger partial charge is 0.493 e. The molecule has 3 aromatic rings. The first-order valence-electron chi connectivity index (χ1n) is 10.6. The standard InChI is InChI=1S/C26H25N3O5/c1-3-6-18-11-17(13-23(33-2)25(18)34-16-24(30)31)12-20(14-27)26(32)28-10-9-19-15-29-22-8-5-4-7-21(19)22/h3-5,7-8,11-13,15,29H,1,6,9-10,16H2,2H3,(H,28,32)(H,30,31)/b20-12-. The minimum Gasteiger partial charge on any atom is -0.493 e. The Morgan fingerprint density at radius 3 is 2.76 bits per heavy atom. The third-order valence-corrected chi connectivity index (χ3v) is 5.11. The molecule has 0 saturated heterocycles. The zero-order chi connectivity index (χ0) is 24.5. The van der Waals surface area contributed by atoms with E-state index in [2.05, 4.69) is 16.9 Å². The van der Waals surface area contributed by atoms with Crippen molar-refractivity contribution in [2.45, 2.75) is 12.8 Å². The number of para-hydroxylation sites is 1. The molecule has 8 heteroatoms. The molecule has 0 unspecified atom stereocenters. The van der Waals surface area contributed by atoms with Crippen LogP contribution in [0.25, 0.3) is 17.0 Å². The van der Waals surface area contributed by atoms with Gasteiger partial charge in [-0.05, 0) is 48.2 Å². The number of nitrogens with zero attached hydrogens (tertiary/aromatic N) is 1. The van der Waals surface area contributed by atoms with Crippen molar-refractivity contribution in [2.75, 3.05) is 20.3 Å². The lowest BCUT2D eigenvalue weighted by atomic mass is 10.0. The van der Waals surface area contributed by atoms with Gasteiger partial charge in [-0.3, -0.25) is 4.79 Å². The highest BCUT2D eigenvalue weighted by Gasteiger charge is 2.15. The molecule has 2 aromatic carbocycles. The van der Waals surface area contributed by atoms with Crippen molar-refractivity contribution in [1.29, 1.82) is 5.26 Å². The lowest BCUT2D eigenvalue weighted by molar-refractivity contribution is -0.139. The van der Waals surface area contributed by atoms with Crippen LogP contribution in [0.5, 0.6) is 11.5 Å². The van der Waals surface area contributed by atoms with Crippen LogP contribution >= 0.6 is 0 Å². The Bertz CT molecular complexity index is 1280. The molecule has 34 heavy (non-hydrogen) atoms. The van der Waals surface area contributed by atoms with E-state index in [9.17, 15) is 14.9 Å². The first-order valence-corrected chi connectivity index (χ1v) is 10.6. The average molecular weight is 460 g/mol. The number of hydrogen-bond acceptors (Lipinski definition) is 5. The van der Waals surface area contributed by atoms with Crippen molar-refractivity contribution in [3.8, 4) is 17.6 Å². The number of methoxy groups -OCH3 is 1. The lowest BCUT2D eigenvalue weighted by Crippen LogP contribution is -2.26. The van der Waals surface area contributed by atoms with Gasteiger partial charge >= 0.3 is 5.97 Å². The quantitative estimate of drug-likeness (QED) is 0.228. The number of carboxylic acids is 1. The predicted octanol–water partition coefficient (Wildman–Crippen LogP) is 3.63. The molecule has 174 valence electrons. The van der Waals surface area contributed by atoms with Crippen molar-refractivity contribution in [1.82, 2.24) is 10.3 Å². The summed E-state index contributed by atoms with van der Waals surface area (Å²) < 4.78 is 10.7. The number of nitrogens with one attached hydrogen (secondary N) is 2. The fraction of sp³-hybridized carbons (Fsp3) is 0.192. The molecule has 3 N–H and O–H groups in total. The minimum absolute atomic E-state index is 0.0651. The van der Waals surface area contributed by atoms with Crippen LogP contribution in [0.15, 0.2) is 60.8 Å². The van der Waals surface area contributed by atoms with E-state index in [1.54, 1.807) is 18.2 Å². The third kappa shape index (κ3) is 5.84. The number of aliphatic carboxylic acids is 1. The summed E-state index contributed by atoms with van der Waals surface area (Å²) in [5.74, 6) is -1.03. The Morgan fingerprint density at radius 1 is 1.26 bits per heavy atom. The molecule has 0 aliphatic carbocycles. The van der Waals surface area contributed by atoms with E-state index in [0.717, 1.165) is 16.5 Å². The normalized spacial score (nSPS) is 11.0. The number of rotatable bonds is 11. The number of amides is 1. The number of carboxylic acid groups (broad SMARTS) is 1. The minimum atomic E-state index is -1.12. The van der Waals surface area contributed by atoms with Crippen LogP contribution in [0.3, 0.4) is 0 Å². The van der Waals surface area contributed by atoms with Crippen LogP contribution in [0, 0.1) is 11.3 Å². The van der Waals surface area contributed by atoms with Gasteiger partial charge in [-0.25, -0.2) is 4.79 Å². The topological polar surface area (TPSA) is 124 Å². The second kappa shape index (κ2) is 11.4. The van der Waals surface area contributed by atoms with Crippen LogP contribution < -0.4 is 14.8 Å². The Morgan fingerprint density at radius 2 is 2.06 bits per heavy atom. The van der Waals surface area contributed by atoms with Crippen LogP contribution in [-0.2, 0) is 22.4 Å². The smallest absolute Gasteiger partial charge is 0.341 e. The monoisotopic (exact) mass is 459 g/mol. The number of carbonyl (C=O) groups is 2. The number of aromatic amines is 1. The SMILES string of the molecule is C=CCc1cc(/C=C(/C#N)C(=O)NCCc2c[nH]c3ccccc23)cc(OC)c1OCC(=O)O. The number of aromatic nitrogens is 1. The highest BCUT2D eigenvalue weighted by molar-refractivity contribution is 6.01. The van der Waals surface area contributed by atoms with Gasteiger partial charge in [0.15, 0.2) is 18.1 Å². The summed E-state index contributed by atoms with van der Waals surface area (Å²) in [5, 5.41) is 22.4. The second-order valence-corrected chi connectivity index (χ2v) is 7.42. The van der Waals surface area contributed by atoms with E-state index < -0.39 is 18.5 Å². The summed E-state index contributed by atoms with van der Waals surface area (Å²) in [4.78, 5) is 26.7. The summed E-state index contributed by atoms with van der Waals surface area (Å²) in [5.41, 5.74) is 3.21. The van der Waals surface area contributed by atoms with E-state index >= 15 is 0 Å². The second-order valence-electron chi connectivity index (χ2n) is 7.42. The Balaban J connectivity index is 1.76. The molecule has 1 heterocycles. The van der Waals surface area contributed by atoms with Crippen molar-refractivity contribution in [3.63, 3.8) is 0 Å². The van der Waals surface area contributed by atoms with Crippen molar-refractivity contribution < 1.29 is 24.2 Å². The van der Waals surface area contributed by atoms with Gasteiger partial charge in [-0.15, -0.1) is 6.58 Å². The maximum absolute atomic E-state index is 12.6. The van der Waals surface area contributed by atoms with Gasteiger partial charge in [-0.1, -0.05) is 24.3 Å². The van der Waals surface area contributed by atoms with Gasteiger partial charge in [-0.2, -0.15) is 5.26 Å². The molecular formula is C26H25N3O5. The fourth-order valence-electron chi connectivity index (χ4n) is 3.58. The first kappa shape index (κ1) is 24.1. The molecule has 0 spiro atoms. The number of fused-ring (bicyclic) bond motifs is 1. The highest BCUT2D eigenvalue weighted by atomic mass is 16.5. The number of allylic oxidation sites excluding steroid dienone is 1. The predicted molar refractivity (Wildman–Crippen MR) is 129 cm³/mol. The molecule has 0 fully saturated rings. The van der Waals surface area contributed by atoms with E-state index in [-0.39, 0.29) is 11.3 Å². The maximum Gasteiger partial charge on any atom is 0.341 e. The molecule has 0 aliphatic heterocycles. The van der Waals surface area contributed by atoms with E-state index in [0.29, 0.717) is 36.3 Å². The molecule has 0 bridgehead atoms. The van der Waals surface area contributed by atoms with Gasteiger partial charge < -0.3 is 24.9 Å². The summed E-state index contributed by atoms with van der Waals surface area (Å²) in [6.45, 7) is 3.55. The summed E-state index contributed by atoms with van der Waals surface area (Å²) in [7, 11) is 1.43. The Hall–Kier alpha value is -4.51. The van der Waals surface area contributed by atoms with Crippen molar-refractivity contribution in [2.24, 2.45) is 0 Å². The Labute approximate surface area is 197 Å². The van der Waals surface area contributed by atoms with E-state index in [1.165, 1.54) is 13.2 Å². The van der Waals surface area contributed by atoms with Crippen molar-refractivity contribution >= 4 is 28.9 Å². The molecule has 0 atom stereocenters. The average Bonchev–Trinajstić information content (AvgIpc) is 3.24. The number of ether oxygens (including phenoxy) is 2. The zero-order valence-corrected chi connectivity index (χ0v) is 18.8. The summed E-state index contributed by atoms with van der Waals surface area (Å²) >= 11 is 0. The van der Waals surface area contributed by atoms with Gasteiger partial charge in [0.25, 0.3) is 5.91 Å². The van der Waals surface area contributed by atoms with Gasteiger partial charge in [0.1, 0.15) is 11.6 Å². The number of nitriles is 1.